The fraction of sp³-hybridized carbons (Fsp3) is 0.875. The van der Waals surface area contributed by atoms with E-state index in [2.05, 4.69) is 4.72 Å². The van der Waals surface area contributed by atoms with Crippen molar-refractivity contribution in [3.8, 4) is 0 Å². The van der Waals surface area contributed by atoms with Crippen molar-refractivity contribution in [2.75, 3.05) is 6.26 Å². The summed E-state index contributed by atoms with van der Waals surface area (Å²) in [6.07, 6.45) is 1.92. The highest BCUT2D eigenvalue weighted by molar-refractivity contribution is 7.96. The Morgan fingerprint density at radius 3 is 2.18 bits per heavy atom. The lowest BCUT2D eigenvalue weighted by Gasteiger charge is -2.21. The zero-order chi connectivity index (χ0) is 9.07. The maximum absolute atomic E-state index is 11.5. The highest BCUT2D eigenvalue weighted by Gasteiger charge is 2.25. The van der Waals surface area contributed by atoms with Crippen LogP contribution in [0.25, 0.3) is 0 Å². The third-order valence-electron chi connectivity index (χ3n) is 1.43. The second kappa shape index (κ2) is 4.12. The third kappa shape index (κ3) is 3.77. The van der Waals surface area contributed by atoms with E-state index < -0.39 is 0 Å². The fourth-order valence-corrected chi connectivity index (χ4v) is 1.34. The highest BCUT2D eigenvalue weighted by Crippen LogP contribution is 2.17. The first-order valence-electron chi connectivity index (χ1n) is 3.72. The lowest BCUT2D eigenvalue weighted by atomic mass is 9.87. The van der Waals surface area contributed by atoms with E-state index in [4.69, 9.17) is 0 Å². The van der Waals surface area contributed by atoms with Crippen LogP contribution in [-0.2, 0) is 4.79 Å². The van der Waals surface area contributed by atoms with Gasteiger partial charge in [0.25, 0.3) is 0 Å². The molecule has 0 rings (SSSR count). The van der Waals surface area contributed by atoms with E-state index >= 15 is 0 Å². The first-order chi connectivity index (χ1) is 4.89. The van der Waals surface area contributed by atoms with Crippen molar-refractivity contribution in [1.29, 1.82) is 0 Å². The summed E-state index contributed by atoms with van der Waals surface area (Å²) in [5.74, 6) is 0.256. The summed E-state index contributed by atoms with van der Waals surface area (Å²) < 4.78 is 3.02. The van der Waals surface area contributed by atoms with E-state index in [-0.39, 0.29) is 17.2 Å². The molecule has 0 unspecified atom stereocenters. The zero-order valence-corrected chi connectivity index (χ0v) is 8.71. The van der Waals surface area contributed by atoms with Gasteiger partial charge in [0.05, 0.1) is 6.04 Å². The molecule has 0 aromatic rings. The molecule has 0 amide bonds. The van der Waals surface area contributed by atoms with E-state index in [0.29, 0.717) is 0 Å². The summed E-state index contributed by atoms with van der Waals surface area (Å²) in [6, 6.07) is -0.0509. The van der Waals surface area contributed by atoms with Crippen molar-refractivity contribution in [3.63, 3.8) is 0 Å². The van der Waals surface area contributed by atoms with Crippen LogP contribution in [0.2, 0.25) is 0 Å². The van der Waals surface area contributed by atoms with Crippen LogP contribution in [0.3, 0.4) is 0 Å². The molecule has 0 aliphatic rings. The molecule has 0 aliphatic carbocycles. The summed E-state index contributed by atoms with van der Waals surface area (Å²) in [4.78, 5) is 11.5. The van der Waals surface area contributed by atoms with E-state index in [9.17, 15) is 4.79 Å². The van der Waals surface area contributed by atoms with Crippen LogP contribution in [0, 0.1) is 5.41 Å². The van der Waals surface area contributed by atoms with Gasteiger partial charge in [0, 0.05) is 5.41 Å². The molecule has 0 aliphatic heterocycles. The molecule has 1 atom stereocenters. The monoisotopic (exact) mass is 175 g/mol. The second-order valence-corrected chi connectivity index (χ2v) is 4.30. The van der Waals surface area contributed by atoms with Gasteiger partial charge in [-0.1, -0.05) is 32.7 Å². The van der Waals surface area contributed by atoms with Gasteiger partial charge in [-0.05, 0) is 13.2 Å². The predicted molar refractivity (Wildman–Crippen MR) is 50.6 cm³/mol. The van der Waals surface area contributed by atoms with E-state index in [0.717, 1.165) is 0 Å². The van der Waals surface area contributed by atoms with Crippen molar-refractivity contribution < 1.29 is 4.79 Å². The lowest BCUT2D eigenvalue weighted by molar-refractivity contribution is -0.127. The number of carbonyl (C=O) groups excluding carboxylic acids is 1. The molecule has 0 fully saturated rings. The molecule has 0 saturated carbocycles. The van der Waals surface area contributed by atoms with Crippen molar-refractivity contribution in [2.45, 2.75) is 33.7 Å². The van der Waals surface area contributed by atoms with Crippen LogP contribution in [0.1, 0.15) is 27.7 Å². The minimum Gasteiger partial charge on any atom is -0.297 e. The summed E-state index contributed by atoms with van der Waals surface area (Å²) >= 11 is 1.48. The maximum atomic E-state index is 11.5. The van der Waals surface area contributed by atoms with Gasteiger partial charge in [0.15, 0.2) is 5.78 Å². The van der Waals surface area contributed by atoms with Crippen molar-refractivity contribution in [2.24, 2.45) is 5.41 Å². The van der Waals surface area contributed by atoms with Gasteiger partial charge in [-0.2, -0.15) is 0 Å². The molecule has 0 bridgehead atoms. The minimum atomic E-state index is -0.234. The van der Waals surface area contributed by atoms with Gasteiger partial charge < -0.3 is 0 Å². The Kier molecular flexibility index (Phi) is 4.11. The molecule has 0 radical (unpaired) electrons. The van der Waals surface area contributed by atoms with Crippen LogP contribution in [0.4, 0.5) is 0 Å². The van der Waals surface area contributed by atoms with Gasteiger partial charge in [0.1, 0.15) is 0 Å². The largest absolute Gasteiger partial charge is 0.297 e. The molecule has 0 spiro atoms. The van der Waals surface area contributed by atoms with Crippen molar-refractivity contribution in [3.05, 3.63) is 0 Å². The quantitative estimate of drug-likeness (QED) is 0.664. The Morgan fingerprint density at radius 2 is 1.91 bits per heavy atom. The smallest absolute Gasteiger partial charge is 0.155 e. The van der Waals surface area contributed by atoms with Crippen LogP contribution >= 0.6 is 11.9 Å². The average molecular weight is 175 g/mol. The van der Waals surface area contributed by atoms with Crippen LogP contribution in [0.5, 0.6) is 0 Å². The molecule has 1 N–H and O–H groups in total. The Balaban J connectivity index is 4.03. The summed E-state index contributed by atoms with van der Waals surface area (Å²) in [5, 5.41) is 0. The summed E-state index contributed by atoms with van der Waals surface area (Å²) in [7, 11) is 0. The lowest BCUT2D eigenvalue weighted by Crippen LogP contribution is -2.37. The zero-order valence-electron chi connectivity index (χ0n) is 7.89. The van der Waals surface area contributed by atoms with Crippen LogP contribution in [0.15, 0.2) is 0 Å². The number of carbonyl (C=O) groups is 1. The molecule has 0 aromatic heterocycles. The molecule has 0 heterocycles. The summed E-state index contributed by atoms with van der Waals surface area (Å²) in [5.41, 5.74) is -0.234. The number of hydrogen-bond donors (Lipinski definition) is 1. The highest BCUT2D eigenvalue weighted by atomic mass is 32.2. The number of nitrogens with one attached hydrogen (secondary N) is 1. The maximum Gasteiger partial charge on any atom is 0.155 e. The second-order valence-electron chi connectivity index (χ2n) is 3.66. The van der Waals surface area contributed by atoms with Gasteiger partial charge >= 0.3 is 0 Å². The molecular weight excluding hydrogens is 158 g/mol. The van der Waals surface area contributed by atoms with Crippen LogP contribution < -0.4 is 4.72 Å². The number of Topliss-reactive ketones (excluding diaryl/α,β-unsaturated/α-hetero) is 1. The average Bonchev–Trinajstić information content (AvgIpc) is 1.85. The molecular formula is C8H17NOS. The minimum absolute atomic E-state index is 0.0509. The molecule has 0 aromatic carbocycles. The molecule has 0 saturated heterocycles. The van der Waals surface area contributed by atoms with Crippen molar-refractivity contribution in [1.82, 2.24) is 4.72 Å². The first kappa shape index (κ1) is 11.0. The van der Waals surface area contributed by atoms with Gasteiger partial charge in [-0.25, -0.2) is 0 Å². The first-order valence-corrected chi connectivity index (χ1v) is 4.95. The Morgan fingerprint density at radius 1 is 1.45 bits per heavy atom. The Bertz CT molecular complexity index is 140. The molecule has 2 nitrogen and oxygen atoms in total. The Hall–Kier alpha value is -0.0200. The SMILES string of the molecule is CSN[C@@H](C)C(=O)C(C)(C)C. The molecule has 11 heavy (non-hydrogen) atoms. The van der Waals surface area contributed by atoms with E-state index in [1.54, 1.807) is 0 Å². The van der Waals surface area contributed by atoms with Crippen LogP contribution in [-0.4, -0.2) is 18.1 Å². The third-order valence-corrected chi connectivity index (χ3v) is 2.02. The van der Waals surface area contributed by atoms with E-state index in [1.165, 1.54) is 11.9 Å². The Labute approximate surface area is 73.3 Å². The number of ketones is 1. The topological polar surface area (TPSA) is 29.1 Å². The summed E-state index contributed by atoms with van der Waals surface area (Å²) in [6.45, 7) is 7.71. The molecule has 3 heteroatoms. The van der Waals surface area contributed by atoms with E-state index in [1.807, 2.05) is 34.0 Å². The van der Waals surface area contributed by atoms with Gasteiger partial charge in [0.2, 0.25) is 0 Å². The fourth-order valence-electron chi connectivity index (χ4n) is 0.880. The number of hydrogen-bond acceptors (Lipinski definition) is 3. The van der Waals surface area contributed by atoms with Gasteiger partial charge in [-0.15, -0.1) is 0 Å². The van der Waals surface area contributed by atoms with Crippen molar-refractivity contribution >= 4 is 17.7 Å². The number of rotatable bonds is 3. The van der Waals surface area contributed by atoms with Gasteiger partial charge in [-0.3, -0.25) is 9.52 Å². The normalized spacial score (nSPS) is 14.6. The predicted octanol–water partition coefficient (Wildman–Crippen LogP) is 1.86. The molecule has 66 valence electrons. The standard InChI is InChI=1S/C8H17NOS/c1-6(9-11-5)7(10)8(2,3)4/h6,9H,1-5H3/t6-/m0/s1.